The number of nitrogens with one attached hydrogen (secondary N) is 2. The van der Waals surface area contributed by atoms with E-state index in [-0.39, 0.29) is 41.5 Å². The number of aryl methyl sites for hydroxylation is 2. The lowest BCUT2D eigenvalue weighted by atomic mass is 9.97. The van der Waals surface area contributed by atoms with Gasteiger partial charge in [0.15, 0.2) is 10.7 Å². The van der Waals surface area contributed by atoms with E-state index < -0.39 is 10.0 Å². The van der Waals surface area contributed by atoms with Gasteiger partial charge < -0.3 is 15.2 Å². The summed E-state index contributed by atoms with van der Waals surface area (Å²) in [6.45, 7) is 5.46. The Morgan fingerprint density at radius 1 is 0.946 bits per heavy atom. The first-order valence-electron chi connectivity index (χ1n) is 12.0. The number of benzene rings is 2. The van der Waals surface area contributed by atoms with Crippen LogP contribution in [0.1, 0.15) is 42.3 Å². The second-order valence-electron chi connectivity index (χ2n) is 9.13. The van der Waals surface area contributed by atoms with Crippen LogP contribution in [0.2, 0.25) is 0 Å². The van der Waals surface area contributed by atoms with Gasteiger partial charge in [-0.25, -0.2) is 8.42 Å². The van der Waals surface area contributed by atoms with Crippen molar-refractivity contribution in [2.45, 2.75) is 38.5 Å². The Kier molecular flexibility index (Phi) is 7.89. The third-order valence-corrected chi connectivity index (χ3v) is 8.29. The maximum absolute atomic E-state index is 13.5. The Hall–Kier alpha value is -3.76. The lowest BCUT2D eigenvalue weighted by Gasteiger charge is -2.30. The summed E-state index contributed by atoms with van der Waals surface area (Å²) in [4.78, 5) is 24.0. The average Bonchev–Trinajstić information content (AvgIpc) is 3.25. The summed E-state index contributed by atoms with van der Waals surface area (Å²) in [6, 6.07) is 14.7. The van der Waals surface area contributed by atoms with E-state index in [2.05, 4.69) is 15.8 Å². The molecule has 2 aromatic carbocycles. The highest BCUT2D eigenvalue weighted by molar-refractivity contribution is 7.89. The van der Waals surface area contributed by atoms with E-state index in [1.165, 1.54) is 11.2 Å². The molecule has 1 aliphatic rings. The normalized spacial score (nSPS) is 15.1. The van der Waals surface area contributed by atoms with E-state index in [1.807, 2.05) is 31.2 Å². The molecule has 0 radical (unpaired) electrons. The van der Waals surface area contributed by atoms with Crippen molar-refractivity contribution in [2.75, 3.05) is 23.7 Å². The Balaban J connectivity index is 1.40. The fourth-order valence-corrected chi connectivity index (χ4v) is 5.94. The summed E-state index contributed by atoms with van der Waals surface area (Å²) in [5, 5.41) is 9.45. The molecule has 0 unspecified atom stereocenters. The van der Waals surface area contributed by atoms with Crippen molar-refractivity contribution >= 4 is 45.4 Å². The number of aromatic nitrogens is 1. The monoisotopic (exact) mass is 522 g/mol. The van der Waals surface area contributed by atoms with Gasteiger partial charge in [-0.1, -0.05) is 41.1 Å². The SMILES string of the molecule is CC(=O)Nc1ccc(NC(=O)C2CCN(S(=O)(=O)c3c(C)noc3C=Cc3ccc(C)cc3)CC2)cc1. The van der Waals surface area contributed by atoms with Gasteiger partial charge in [0.2, 0.25) is 21.8 Å². The number of sulfonamides is 1. The molecule has 194 valence electrons. The van der Waals surface area contributed by atoms with Crippen LogP contribution in [0.4, 0.5) is 11.4 Å². The number of anilines is 2. The van der Waals surface area contributed by atoms with Crippen LogP contribution in [0, 0.1) is 19.8 Å². The number of hydrogen-bond donors (Lipinski definition) is 2. The largest absolute Gasteiger partial charge is 0.355 e. The van der Waals surface area contributed by atoms with Crippen LogP contribution in [0.25, 0.3) is 12.2 Å². The van der Waals surface area contributed by atoms with Gasteiger partial charge in [0.1, 0.15) is 5.69 Å². The molecule has 4 rings (SSSR count). The minimum atomic E-state index is -3.85. The number of carbonyl (C=O) groups excluding carboxylic acids is 2. The summed E-state index contributed by atoms with van der Waals surface area (Å²) in [6.07, 6.45) is 4.20. The Labute approximate surface area is 216 Å². The quantitative estimate of drug-likeness (QED) is 0.473. The molecule has 2 heterocycles. The number of carbonyl (C=O) groups is 2. The van der Waals surface area contributed by atoms with Crippen molar-refractivity contribution in [3.63, 3.8) is 0 Å². The predicted octanol–water partition coefficient (Wildman–Crippen LogP) is 4.46. The molecule has 1 aromatic heterocycles. The lowest BCUT2D eigenvalue weighted by molar-refractivity contribution is -0.121. The molecular formula is C27H30N4O5S. The van der Waals surface area contributed by atoms with Gasteiger partial charge in [0, 0.05) is 37.3 Å². The van der Waals surface area contributed by atoms with Gasteiger partial charge in [-0.15, -0.1) is 0 Å². The van der Waals surface area contributed by atoms with Gasteiger partial charge in [0.05, 0.1) is 0 Å². The zero-order valence-electron chi connectivity index (χ0n) is 21.0. The minimum absolute atomic E-state index is 0.0537. The first-order valence-corrected chi connectivity index (χ1v) is 13.5. The van der Waals surface area contributed by atoms with E-state index in [4.69, 9.17) is 4.52 Å². The van der Waals surface area contributed by atoms with Crippen molar-refractivity contribution < 1.29 is 22.5 Å². The highest BCUT2D eigenvalue weighted by Gasteiger charge is 2.36. The number of hydrogen-bond acceptors (Lipinski definition) is 6. The molecule has 1 fully saturated rings. The van der Waals surface area contributed by atoms with E-state index >= 15 is 0 Å². The van der Waals surface area contributed by atoms with E-state index in [0.29, 0.717) is 29.9 Å². The summed E-state index contributed by atoms with van der Waals surface area (Å²) >= 11 is 0. The van der Waals surface area contributed by atoms with Crippen LogP contribution in [-0.4, -0.2) is 42.8 Å². The summed E-state index contributed by atoms with van der Waals surface area (Å²) in [5.41, 5.74) is 3.60. The molecule has 10 heteroatoms. The molecule has 1 saturated heterocycles. The third kappa shape index (κ3) is 6.33. The first-order chi connectivity index (χ1) is 17.6. The van der Waals surface area contributed by atoms with Gasteiger partial charge in [-0.05, 0) is 62.6 Å². The molecule has 2 amide bonds. The van der Waals surface area contributed by atoms with Gasteiger partial charge in [0.25, 0.3) is 0 Å². The second-order valence-corrected chi connectivity index (χ2v) is 11.0. The predicted molar refractivity (Wildman–Crippen MR) is 142 cm³/mol. The maximum Gasteiger partial charge on any atom is 0.248 e. The van der Waals surface area contributed by atoms with E-state index in [1.54, 1.807) is 43.3 Å². The van der Waals surface area contributed by atoms with Crippen LogP contribution in [0.3, 0.4) is 0 Å². The Morgan fingerprint density at radius 2 is 1.54 bits per heavy atom. The third-order valence-electron chi connectivity index (χ3n) is 6.23. The molecule has 9 nitrogen and oxygen atoms in total. The summed E-state index contributed by atoms with van der Waals surface area (Å²) in [5.74, 6) is -0.465. The van der Waals surface area contributed by atoms with Crippen molar-refractivity contribution in [2.24, 2.45) is 5.92 Å². The number of amides is 2. The fourth-order valence-electron chi connectivity index (χ4n) is 4.22. The molecular weight excluding hydrogens is 492 g/mol. The smallest absolute Gasteiger partial charge is 0.248 e. The van der Waals surface area contributed by atoms with Gasteiger partial charge >= 0.3 is 0 Å². The highest BCUT2D eigenvalue weighted by atomic mass is 32.2. The highest BCUT2D eigenvalue weighted by Crippen LogP contribution is 2.30. The average molecular weight is 523 g/mol. The van der Waals surface area contributed by atoms with Crippen LogP contribution in [0.5, 0.6) is 0 Å². The van der Waals surface area contributed by atoms with E-state index in [0.717, 1.165) is 11.1 Å². The minimum Gasteiger partial charge on any atom is -0.355 e. The zero-order valence-corrected chi connectivity index (χ0v) is 21.8. The molecule has 3 aromatic rings. The van der Waals surface area contributed by atoms with Crippen molar-refractivity contribution in [3.8, 4) is 0 Å². The van der Waals surface area contributed by atoms with Crippen molar-refractivity contribution in [1.29, 1.82) is 0 Å². The second kappa shape index (κ2) is 11.1. The van der Waals surface area contributed by atoms with Crippen LogP contribution in [0.15, 0.2) is 57.9 Å². The molecule has 0 atom stereocenters. The standard InChI is InChI=1S/C27H30N4O5S/c1-18-4-6-21(7-5-18)8-13-25-26(19(2)30-36-25)37(34,35)31-16-14-22(15-17-31)27(33)29-24-11-9-23(10-12-24)28-20(3)32/h4-13,22H,14-17H2,1-3H3,(H,28,32)(H,29,33). The molecule has 1 aliphatic heterocycles. The van der Waals surface area contributed by atoms with Crippen LogP contribution >= 0.6 is 0 Å². The van der Waals surface area contributed by atoms with Crippen molar-refractivity contribution in [1.82, 2.24) is 9.46 Å². The Morgan fingerprint density at radius 3 is 2.14 bits per heavy atom. The first kappa shape index (κ1) is 26.3. The lowest BCUT2D eigenvalue weighted by Crippen LogP contribution is -2.41. The van der Waals surface area contributed by atoms with Gasteiger partial charge in [-0.2, -0.15) is 4.31 Å². The molecule has 0 saturated carbocycles. The number of nitrogens with zero attached hydrogens (tertiary/aromatic N) is 2. The summed E-state index contributed by atoms with van der Waals surface area (Å²) in [7, 11) is -3.85. The molecule has 2 N–H and O–H groups in total. The number of rotatable bonds is 7. The van der Waals surface area contributed by atoms with Crippen LogP contribution in [-0.2, 0) is 19.6 Å². The number of piperidine rings is 1. The van der Waals surface area contributed by atoms with Crippen molar-refractivity contribution in [3.05, 3.63) is 71.1 Å². The van der Waals surface area contributed by atoms with E-state index in [9.17, 15) is 18.0 Å². The van der Waals surface area contributed by atoms with Gasteiger partial charge in [-0.3, -0.25) is 9.59 Å². The zero-order chi connectivity index (χ0) is 26.6. The topological polar surface area (TPSA) is 122 Å². The summed E-state index contributed by atoms with van der Waals surface area (Å²) < 4.78 is 33.7. The molecule has 0 bridgehead atoms. The Bertz CT molecular complexity index is 1400. The molecule has 37 heavy (non-hydrogen) atoms. The molecule has 0 spiro atoms. The maximum atomic E-state index is 13.5. The van der Waals surface area contributed by atoms with Crippen LogP contribution < -0.4 is 10.6 Å². The molecule has 0 aliphatic carbocycles. The fraction of sp³-hybridized carbons (Fsp3) is 0.296.